The fraction of sp³-hybridized carbons (Fsp3) is 0.261. The highest BCUT2D eigenvalue weighted by Gasteiger charge is 2.32. The lowest BCUT2D eigenvalue weighted by Gasteiger charge is -2.28. The van der Waals surface area contributed by atoms with Crippen LogP contribution in [0.4, 0.5) is 14.7 Å². The first-order valence-corrected chi connectivity index (χ1v) is 10.5. The van der Waals surface area contributed by atoms with Gasteiger partial charge in [-0.3, -0.25) is 24.5 Å². The number of rotatable bonds is 4. The molecule has 4 aromatic heterocycles. The number of carbonyl (C=O) groups excluding carboxylic acids is 2. The molecule has 0 bridgehead atoms. The number of likely N-dealkylation sites (tertiary alicyclic amines) is 1. The molecule has 0 aliphatic carbocycles. The summed E-state index contributed by atoms with van der Waals surface area (Å²) in [6, 6.07) is 6.83. The number of piperidine rings is 1. The summed E-state index contributed by atoms with van der Waals surface area (Å²) in [4.78, 5) is 33.5. The molecule has 1 N–H and O–H groups in total. The van der Waals surface area contributed by atoms with Gasteiger partial charge in [0.15, 0.2) is 6.29 Å². The Hall–Kier alpha value is -3.99. The highest BCUT2D eigenvalue weighted by Crippen LogP contribution is 2.26. The number of hydrogen-bond acceptors (Lipinski definition) is 7. The van der Waals surface area contributed by atoms with Gasteiger partial charge >= 0.3 is 0 Å². The molecule has 11 heteroatoms. The van der Waals surface area contributed by atoms with Crippen LogP contribution in [0.1, 0.15) is 33.6 Å². The largest absolute Gasteiger partial charge is 0.338 e. The van der Waals surface area contributed by atoms with Gasteiger partial charge < -0.3 is 9.42 Å². The van der Waals surface area contributed by atoms with Gasteiger partial charge in [0.05, 0.1) is 23.6 Å². The van der Waals surface area contributed by atoms with E-state index >= 15 is 0 Å². The van der Waals surface area contributed by atoms with Crippen LogP contribution in [-0.4, -0.2) is 62.8 Å². The molecule has 0 unspecified atom stereocenters. The maximum Gasteiger partial charge on any atom is 0.259 e. The van der Waals surface area contributed by atoms with Crippen LogP contribution in [0.5, 0.6) is 0 Å². The Morgan fingerprint density at radius 2 is 1.97 bits per heavy atom. The summed E-state index contributed by atoms with van der Waals surface area (Å²) in [7, 11) is 1.87. The molecular formula is C23H22F2N6O3. The van der Waals surface area contributed by atoms with E-state index < -0.39 is 5.92 Å². The van der Waals surface area contributed by atoms with Crippen molar-refractivity contribution in [2.45, 2.75) is 18.8 Å². The van der Waals surface area contributed by atoms with E-state index in [1.165, 1.54) is 18.6 Å². The van der Waals surface area contributed by atoms with Crippen molar-refractivity contribution in [1.82, 2.24) is 24.6 Å². The fourth-order valence-corrected chi connectivity index (χ4v) is 3.41. The molecule has 34 heavy (non-hydrogen) atoms. The van der Waals surface area contributed by atoms with Crippen LogP contribution >= 0.6 is 0 Å². The monoisotopic (exact) mass is 468 g/mol. The summed E-state index contributed by atoms with van der Waals surface area (Å²) >= 11 is 0. The number of hydrogen-bond donors (Lipinski definition) is 1. The number of anilines is 1. The van der Waals surface area contributed by atoms with Crippen molar-refractivity contribution in [2.24, 2.45) is 0 Å². The van der Waals surface area contributed by atoms with Gasteiger partial charge in [-0.05, 0) is 25.2 Å². The Morgan fingerprint density at radius 1 is 1.18 bits per heavy atom. The van der Waals surface area contributed by atoms with E-state index in [0.29, 0.717) is 35.6 Å². The summed E-state index contributed by atoms with van der Waals surface area (Å²) in [6.07, 6.45) is 8.64. The zero-order chi connectivity index (χ0) is 24.1. The molecule has 4 aromatic rings. The van der Waals surface area contributed by atoms with E-state index in [0.717, 1.165) is 11.7 Å². The lowest BCUT2D eigenvalue weighted by Crippen LogP contribution is -2.36. The first kappa shape index (κ1) is 23.2. The molecule has 1 fully saturated rings. The quantitative estimate of drug-likeness (QED) is 0.454. The normalized spacial score (nSPS) is 15.4. The van der Waals surface area contributed by atoms with Crippen molar-refractivity contribution >= 4 is 29.1 Å². The number of alkyl halides is 2. The minimum atomic E-state index is -2.38. The molecule has 9 nitrogen and oxygen atoms in total. The zero-order valence-electron chi connectivity index (χ0n) is 18.3. The van der Waals surface area contributed by atoms with Crippen LogP contribution in [0.15, 0.2) is 59.8 Å². The number of aldehydes is 1. The molecule has 1 saturated heterocycles. The van der Waals surface area contributed by atoms with Gasteiger partial charge in [-0.1, -0.05) is 5.16 Å². The van der Waals surface area contributed by atoms with Gasteiger partial charge in [0.2, 0.25) is 5.88 Å². The van der Waals surface area contributed by atoms with Crippen LogP contribution in [0, 0.1) is 0 Å². The van der Waals surface area contributed by atoms with Gasteiger partial charge in [0, 0.05) is 61.5 Å². The molecule has 1 aliphatic heterocycles. The average Bonchev–Trinajstić information content (AvgIpc) is 3.51. The molecule has 1 amide bonds. The standard InChI is InChI=1S/C17H11N5O3.C6H11F2N/c23-10-11-5-12-2-4-22(16(12)19-7-11)14-6-13(8-18-9-14)17(24)21-15-1-3-20-25-15;1-9-4-2-6(7,8)3-5-9/h1-10H,(H,21,24);2-5H2,1H3. The number of amides is 1. The summed E-state index contributed by atoms with van der Waals surface area (Å²) in [5.74, 6) is -2.49. The highest BCUT2D eigenvalue weighted by atomic mass is 19.3. The molecule has 5 rings (SSSR count). The van der Waals surface area contributed by atoms with Gasteiger partial charge in [0.25, 0.3) is 11.8 Å². The average molecular weight is 468 g/mol. The summed E-state index contributed by atoms with van der Waals surface area (Å²) in [5.41, 5.74) is 2.20. The highest BCUT2D eigenvalue weighted by molar-refractivity contribution is 6.03. The van der Waals surface area contributed by atoms with Crippen molar-refractivity contribution in [1.29, 1.82) is 0 Å². The van der Waals surface area contributed by atoms with Gasteiger partial charge in [0.1, 0.15) is 5.65 Å². The van der Waals surface area contributed by atoms with Gasteiger partial charge in [-0.2, -0.15) is 0 Å². The molecule has 0 radical (unpaired) electrons. The van der Waals surface area contributed by atoms with E-state index in [-0.39, 0.29) is 24.6 Å². The van der Waals surface area contributed by atoms with Crippen LogP contribution < -0.4 is 5.32 Å². The lowest BCUT2D eigenvalue weighted by atomic mass is 10.1. The molecule has 1 aliphatic rings. The number of aromatic nitrogens is 4. The molecule has 176 valence electrons. The Morgan fingerprint density at radius 3 is 2.65 bits per heavy atom. The van der Waals surface area contributed by atoms with Crippen molar-refractivity contribution in [3.05, 3.63) is 66.4 Å². The maximum absolute atomic E-state index is 12.4. The minimum absolute atomic E-state index is 0.0312. The Labute approximate surface area is 193 Å². The third-order valence-corrected chi connectivity index (χ3v) is 5.34. The third-order valence-electron chi connectivity index (χ3n) is 5.34. The molecule has 0 saturated carbocycles. The van der Waals surface area contributed by atoms with E-state index in [1.54, 1.807) is 35.2 Å². The van der Waals surface area contributed by atoms with Crippen LogP contribution in [-0.2, 0) is 0 Å². The van der Waals surface area contributed by atoms with E-state index in [4.69, 9.17) is 4.52 Å². The SMILES string of the molecule is CN1CCC(F)(F)CC1.O=Cc1cnc2c(ccn2-c2cncc(C(=O)Nc3ccno3)c2)c1. The second-order valence-electron chi connectivity index (χ2n) is 7.91. The van der Waals surface area contributed by atoms with Crippen LogP contribution in [0.3, 0.4) is 0 Å². The van der Waals surface area contributed by atoms with Crippen molar-refractivity contribution in [3.63, 3.8) is 0 Å². The maximum atomic E-state index is 12.4. The summed E-state index contributed by atoms with van der Waals surface area (Å²) < 4.78 is 31.4. The second-order valence-corrected chi connectivity index (χ2v) is 7.91. The number of fused-ring (bicyclic) bond motifs is 1. The van der Waals surface area contributed by atoms with E-state index in [9.17, 15) is 18.4 Å². The fourth-order valence-electron chi connectivity index (χ4n) is 3.41. The van der Waals surface area contributed by atoms with Crippen LogP contribution in [0.25, 0.3) is 16.7 Å². The number of halogens is 2. The topological polar surface area (TPSA) is 106 Å². The second kappa shape index (κ2) is 9.87. The predicted molar refractivity (Wildman–Crippen MR) is 120 cm³/mol. The lowest BCUT2D eigenvalue weighted by molar-refractivity contribution is -0.0504. The minimum Gasteiger partial charge on any atom is -0.338 e. The number of carbonyl (C=O) groups is 2. The zero-order valence-corrected chi connectivity index (χ0v) is 18.3. The van der Waals surface area contributed by atoms with Crippen molar-refractivity contribution in [2.75, 3.05) is 25.5 Å². The smallest absolute Gasteiger partial charge is 0.259 e. The Bertz CT molecular complexity index is 1280. The predicted octanol–water partition coefficient (Wildman–Crippen LogP) is 3.82. The first-order valence-electron chi connectivity index (χ1n) is 10.5. The molecular weight excluding hydrogens is 446 g/mol. The van der Waals surface area contributed by atoms with Gasteiger partial charge in [-0.15, -0.1) is 0 Å². The van der Waals surface area contributed by atoms with Crippen molar-refractivity contribution in [3.8, 4) is 5.69 Å². The first-order chi connectivity index (χ1) is 16.3. The van der Waals surface area contributed by atoms with Crippen LogP contribution in [0.2, 0.25) is 0 Å². The number of nitrogens with zero attached hydrogens (tertiary/aromatic N) is 5. The number of pyridine rings is 2. The molecule has 0 aromatic carbocycles. The summed E-state index contributed by atoms with van der Waals surface area (Å²) in [6.45, 7) is 1.07. The molecule has 0 spiro atoms. The van der Waals surface area contributed by atoms with E-state index in [2.05, 4.69) is 20.4 Å². The van der Waals surface area contributed by atoms with Crippen molar-refractivity contribution < 1.29 is 22.9 Å². The summed E-state index contributed by atoms with van der Waals surface area (Å²) in [5, 5.41) is 6.94. The van der Waals surface area contributed by atoms with Gasteiger partial charge in [-0.25, -0.2) is 13.8 Å². The molecule has 5 heterocycles. The Kier molecular flexibility index (Phi) is 6.73. The Balaban J connectivity index is 0.000000257. The van der Waals surface area contributed by atoms with E-state index in [1.807, 2.05) is 18.0 Å². The molecule has 0 atom stereocenters. The third kappa shape index (κ3) is 5.49. The number of nitrogens with one attached hydrogen (secondary N) is 1.